The van der Waals surface area contributed by atoms with Gasteiger partial charge in [0.05, 0.1) is 6.04 Å². The highest BCUT2D eigenvalue weighted by atomic mass is 19.1. The molecule has 1 aliphatic rings. The van der Waals surface area contributed by atoms with E-state index in [0.717, 1.165) is 23.5 Å². The summed E-state index contributed by atoms with van der Waals surface area (Å²) in [5.41, 5.74) is 12.0. The number of hydrazine groups is 1. The Morgan fingerprint density at radius 1 is 1.22 bits per heavy atom. The SMILES string of the molecule is Cc1cc(C)nc(N/N=C\C2CNNC2c2ccc(F)cc2)n1. The molecular formula is C16H19FN6. The molecule has 6 nitrogen and oxygen atoms in total. The van der Waals surface area contributed by atoms with E-state index in [1.165, 1.54) is 12.1 Å². The first-order valence-electron chi connectivity index (χ1n) is 7.47. The molecule has 23 heavy (non-hydrogen) atoms. The molecule has 0 radical (unpaired) electrons. The zero-order valence-electron chi connectivity index (χ0n) is 13.0. The molecule has 3 rings (SSSR count). The predicted molar refractivity (Wildman–Crippen MR) is 87.4 cm³/mol. The van der Waals surface area contributed by atoms with Crippen molar-refractivity contribution in [3.05, 3.63) is 53.1 Å². The fourth-order valence-electron chi connectivity index (χ4n) is 2.62. The Morgan fingerprint density at radius 2 is 1.91 bits per heavy atom. The summed E-state index contributed by atoms with van der Waals surface area (Å²) >= 11 is 0. The second kappa shape index (κ2) is 6.80. The molecule has 0 spiro atoms. The van der Waals surface area contributed by atoms with E-state index < -0.39 is 0 Å². The number of hydrogen-bond donors (Lipinski definition) is 3. The van der Waals surface area contributed by atoms with Crippen molar-refractivity contribution >= 4 is 12.2 Å². The molecule has 0 bridgehead atoms. The van der Waals surface area contributed by atoms with Crippen LogP contribution in [0.2, 0.25) is 0 Å². The number of rotatable bonds is 4. The van der Waals surface area contributed by atoms with Gasteiger partial charge in [-0.25, -0.2) is 25.2 Å². The molecule has 0 amide bonds. The molecule has 0 saturated carbocycles. The van der Waals surface area contributed by atoms with Crippen molar-refractivity contribution in [1.82, 2.24) is 20.8 Å². The molecule has 1 aromatic heterocycles. The van der Waals surface area contributed by atoms with Crippen molar-refractivity contribution in [2.45, 2.75) is 19.9 Å². The van der Waals surface area contributed by atoms with E-state index in [2.05, 4.69) is 31.3 Å². The first kappa shape index (κ1) is 15.5. The van der Waals surface area contributed by atoms with Gasteiger partial charge in [-0.2, -0.15) is 5.10 Å². The number of aryl methyl sites for hydroxylation is 2. The number of aromatic nitrogens is 2. The van der Waals surface area contributed by atoms with Crippen LogP contribution in [0.15, 0.2) is 35.4 Å². The molecular weight excluding hydrogens is 295 g/mol. The average molecular weight is 314 g/mol. The summed E-state index contributed by atoms with van der Waals surface area (Å²) in [6, 6.07) is 8.43. The third kappa shape index (κ3) is 3.88. The zero-order chi connectivity index (χ0) is 16.2. The molecule has 1 aromatic carbocycles. The van der Waals surface area contributed by atoms with Gasteiger partial charge in [-0.3, -0.25) is 5.43 Å². The summed E-state index contributed by atoms with van der Waals surface area (Å²) in [5.74, 6) is 0.383. The Morgan fingerprint density at radius 3 is 2.61 bits per heavy atom. The fraction of sp³-hybridized carbons (Fsp3) is 0.312. The lowest BCUT2D eigenvalue weighted by Gasteiger charge is -2.15. The van der Waals surface area contributed by atoms with Gasteiger partial charge < -0.3 is 0 Å². The van der Waals surface area contributed by atoms with E-state index >= 15 is 0 Å². The fourth-order valence-corrected chi connectivity index (χ4v) is 2.62. The lowest BCUT2D eigenvalue weighted by Crippen LogP contribution is -2.25. The van der Waals surface area contributed by atoms with Crippen molar-refractivity contribution in [2.24, 2.45) is 11.0 Å². The molecule has 2 atom stereocenters. The molecule has 2 heterocycles. The van der Waals surface area contributed by atoms with Crippen LogP contribution < -0.4 is 16.3 Å². The van der Waals surface area contributed by atoms with Gasteiger partial charge >= 0.3 is 0 Å². The summed E-state index contributed by atoms with van der Waals surface area (Å²) < 4.78 is 13.0. The summed E-state index contributed by atoms with van der Waals surface area (Å²) in [5, 5.41) is 4.25. The van der Waals surface area contributed by atoms with Crippen LogP contribution in [-0.2, 0) is 0 Å². The third-order valence-electron chi connectivity index (χ3n) is 3.67. The topological polar surface area (TPSA) is 74.2 Å². The Labute approximate surface area is 134 Å². The molecule has 2 aromatic rings. The van der Waals surface area contributed by atoms with Crippen molar-refractivity contribution in [3.63, 3.8) is 0 Å². The Hall–Kier alpha value is -2.38. The van der Waals surface area contributed by atoms with E-state index in [9.17, 15) is 4.39 Å². The minimum Gasteiger partial charge on any atom is -0.257 e. The van der Waals surface area contributed by atoms with E-state index in [4.69, 9.17) is 0 Å². The highest BCUT2D eigenvalue weighted by Gasteiger charge is 2.26. The van der Waals surface area contributed by atoms with Gasteiger partial charge in [0, 0.05) is 30.1 Å². The molecule has 1 fully saturated rings. The number of benzene rings is 1. The van der Waals surface area contributed by atoms with Gasteiger partial charge in [0.15, 0.2) is 0 Å². The molecule has 120 valence electrons. The Balaban J connectivity index is 1.67. The van der Waals surface area contributed by atoms with Gasteiger partial charge in [0.2, 0.25) is 5.95 Å². The lowest BCUT2D eigenvalue weighted by molar-refractivity contribution is 0.554. The maximum Gasteiger partial charge on any atom is 0.243 e. The normalized spacial score (nSPS) is 21.0. The molecule has 1 saturated heterocycles. The van der Waals surface area contributed by atoms with E-state index in [1.807, 2.05) is 26.1 Å². The first-order chi connectivity index (χ1) is 11.1. The van der Waals surface area contributed by atoms with Crippen molar-refractivity contribution in [1.29, 1.82) is 0 Å². The van der Waals surface area contributed by atoms with Crippen molar-refractivity contribution in [3.8, 4) is 0 Å². The van der Waals surface area contributed by atoms with Crippen LogP contribution in [0.4, 0.5) is 10.3 Å². The lowest BCUT2D eigenvalue weighted by atomic mass is 9.96. The molecule has 1 aliphatic heterocycles. The monoisotopic (exact) mass is 314 g/mol. The van der Waals surface area contributed by atoms with Crippen LogP contribution in [0.1, 0.15) is 23.0 Å². The predicted octanol–water partition coefficient (Wildman–Crippen LogP) is 2.10. The Bertz CT molecular complexity index is 680. The maximum absolute atomic E-state index is 13.0. The van der Waals surface area contributed by atoms with E-state index in [-0.39, 0.29) is 17.8 Å². The van der Waals surface area contributed by atoms with Gasteiger partial charge in [-0.1, -0.05) is 12.1 Å². The van der Waals surface area contributed by atoms with Gasteiger partial charge in [-0.05, 0) is 37.6 Å². The minimum atomic E-state index is -0.237. The maximum atomic E-state index is 13.0. The van der Waals surface area contributed by atoms with Crippen LogP contribution in [0.5, 0.6) is 0 Å². The average Bonchev–Trinajstić information content (AvgIpc) is 2.95. The van der Waals surface area contributed by atoms with Gasteiger partial charge in [-0.15, -0.1) is 0 Å². The number of halogens is 1. The second-order valence-corrected chi connectivity index (χ2v) is 5.58. The van der Waals surface area contributed by atoms with Gasteiger partial charge in [0.25, 0.3) is 0 Å². The molecule has 7 heteroatoms. The number of nitrogens with one attached hydrogen (secondary N) is 3. The number of anilines is 1. The summed E-state index contributed by atoms with van der Waals surface area (Å²) in [6.07, 6.45) is 1.82. The van der Waals surface area contributed by atoms with Crippen LogP contribution in [0.3, 0.4) is 0 Å². The summed E-state index contributed by atoms with van der Waals surface area (Å²) in [7, 11) is 0. The standard InChI is InChI=1S/C16H19FN6/c1-10-7-11(2)21-16(20-10)23-19-9-13-8-18-22-15(13)12-3-5-14(17)6-4-12/h3-7,9,13,15,18,22H,8H2,1-2H3,(H,20,21,23)/b19-9-. The van der Waals surface area contributed by atoms with E-state index in [1.54, 1.807) is 12.1 Å². The second-order valence-electron chi connectivity index (χ2n) is 5.58. The van der Waals surface area contributed by atoms with Crippen LogP contribution >= 0.6 is 0 Å². The van der Waals surface area contributed by atoms with Crippen LogP contribution in [0.25, 0.3) is 0 Å². The quantitative estimate of drug-likeness (QED) is 0.595. The molecule has 3 N–H and O–H groups in total. The summed E-state index contributed by atoms with van der Waals surface area (Å²) in [4.78, 5) is 8.55. The first-order valence-corrected chi connectivity index (χ1v) is 7.47. The molecule has 2 unspecified atom stereocenters. The van der Waals surface area contributed by atoms with Crippen molar-refractivity contribution < 1.29 is 4.39 Å². The zero-order valence-corrected chi connectivity index (χ0v) is 13.0. The number of nitrogens with zero attached hydrogens (tertiary/aromatic N) is 3. The Kier molecular flexibility index (Phi) is 4.59. The highest BCUT2D eigenvalue weighted by Crippen LogP contribution is 2.23. The van der Waals surface area contributed by atoms with Crippen LogP contribution in [-0.4, -0.2) is 22.7 Å². The van der Waals surface area contributed by atoms with Crippen LogP contribution in [0, 0.1) is 25.6 Å². The third-order valence-corrected chi connectivity index (χ3v) is 3.67. The number of hydrazone groups is 1. The highest BCUT2D eigenvalue weighted by molar-refractivity contribution is 5.64. The van der Waals surface area contributed by atoms with E-state index in [0.29, 0.717) is 5.95 Å². The largest absolute Gasteiger partial charge is 0.257 e. The summed E-state index contributed by atoms with van der Waals surface area (Å²) in [6.45, 7) is 4.57. The molecule has 0 aliphatic carbocycles. The minimum absolute atomic E-state index is 0.0429. The van der Waals surface area contributed by atoms with Crippen molar-refractivity contribution in [2.75, 3.05) is 12.0 Å². The number of hydrogen-bond acceptors (Lipinski definition) is 6. The van der Waals surface area contributed by atoms with Gasteiger partial charge in [0.1, 0.15) is 5.82 Å². The smallest absolute Gasteiger partial charge is 0.243 e.